The highest BCUT2D eigenvalue weighted by molar-refractivity contribution is 5.41. The lowest BCUT2D eigenvalue weighted by Crippen LogP contribution is -2.19. The molecule has 0 saturated carbocycles. The first kappa shape index (κ1) is 14.4. The Morgan fingerprint density at radius 1 is 1.25 bits per heavy atom. The molecule has 0 radical (unpaired) electrons. The second-order valence-electron chi connectivity index (χ2n) is 4.51. The van der Waals surface area contributed by atoms with Gasteiger partial charge in [-0.2, -0.15) is 18.3 Å². The van der Waals surface area contributed by atoms with E-state index in [-0.39, 0.29) is 0 Å². The van der Waals surface area contributed by atoms with E-state index in [1.165, 1.54) is 6.20 Å². The fourth-order valence-corrected chi connectivity index (χ4v) is 1.98. The van der Waals surface area contributed by atoms with Gasteiger partial charge in [-0.15, -0.1) is 0 Å². The Balaban J connectivity index is 2.18. The lowest BCUT2D eigenvalue weighted by molar-refractivity contribution is -0.137. The summed E-state index contributed by atoms with van der Waals surface area (Å²) in [7, 11) is 0. The van der Waals surface area contributed by atoms with Gasteiger partial charge in [0.15, 0.2) is 0 Å². The van der Waals surface area contributed by atoms with E-state index in [1.54, 1.807) is 41.2 Å². The largest absolute Gasteiger partial charge is 0.391 e. The second kappa shape index (κ2) is 5.98. The molecule has 6 heteroatoms. The molecule has 2 rings (SSSR count). The van der Waals surface area contributed by atoms with Crippen LogP contribution in [0.15, 0.2) is 42.7 Å². The maximum absolute atomic E-state index is 12.7. The van der Waals surface area contributed by atoms with Gasteiger partial charge in [0.1, 0.15) is 0 Å². The van der Waals surface area contributed by atoms with Crippen LogP contribution >= 0.6 is 0 Å². The number of anilines is 1. The van der Waals surface area contributed by atoms with Crippen LogP contribution in [0, 0.1) is 0 Å². The van der Waals surface area contributed by atoms with Crippen LogP contribution in [0.1, 0.15) is 24.9 Å². The lowest BCUT2D eigenvalue weighted by atomic mass is 10.0. The molecule has 1 aromatic carbocycles. The zero-order chi connectivity index (χ0) is 14.6. The molecule has 0 aliphatic heterocycles. The van der Waals surface area contributed by atoms with Crippen LogP contribution < -0.4 is 5.32 Å². The summed E-state index contributed by atoms with van der Waals surface area (Å²) in [6.45, 7) is 2.60. The van der Waals surface area contributed by atoms with E-state index in [1.807, 2.05) is 6.92 Å². The first-order valence-electron chi connectivity index (χ1n) is 6.38. The van der Waals surface area contributed by atoms with Crippen molar-refractivity contribution in [1.82, 2.24) is 9.78 Å². The zero-order valence-electron chi connectivity index (χ0n) is 11.1. The zero-order valence-corrected chi connectivity index (χ0v) is 11.1. The Hall–Kier alpha value is -1.98. The molecule has 20 heavy (non-hydrogen) atoms. The molecule has 0 aliphatic rings. The van der Waals surface area contributed by atoms with Crippen molar-refractivity contribution in [3.63, 3.8) is 0 Å². The van der Waals surface area contributed by atoms with Gasteiger partial charge in [-0.25, -0.2) is 0 Å². The van der Waals surface area contributed by atoms with Crippen molar-refractivity contribution in [2.75, 3.05) is 5.32 Å². The minimum atomic E-state index is -4.23. The molecule has 1 heterocycles. The van der Waals surface area contributed by atoms with Crippen LogP contribution in [0.3, 0.4) is 0 Å². The van der Waals surface area contributed by atoms with Crippen LogP contribution in [-0.4, -0.2) is 16.0 Å². The highest BCUT2D eigenvalue weighted by Gasteiger charge is 2.32. The molecule has 0 fully saturated rings. The summed E-state index contributed by atoms with van der Waals surface area (Å²) in [6.07, 6.45) is -1.91. The highest BCUT2D eigenvalue weighted by Crippen LogP contribution is 2.31. The summed E-state index contributed by atoms with van der Waals surface area (Å²) in [6, 6.07) is 7.81. The van der Waals surface area contributed by atoms with Crippen LogP contribution in [0.5, 0.6) is 0 Å². The average Bonchev–Trinajstić information content (AvgIpc) is 2.85. The van der Waals surface area contributed by atoms with Crippen molar-refractivity contribution in [3.8, 4) is 0 Å². The number of alkyl halides is 3. The molecule has 0 spiro atoms. The van der Waals surface area contributed by atoms with E-state index < -0.39 is 18.6 Å². The molecule has 0 aliphatic carbocycles. The van der Waals surface area contributed by atoms with Crippen molar-refractivity contribution in [2.24, 2.45) is 0 Å². The van der Waals surface area contributed by atoms with Gasteiger partial charge in [-0.3, -0.25) is 4.68 Å². The molecular weight excluding hydrogens is 267 g/mol. The van der Waals surface area contributed by atoms with Crippen molar-refractivity contribution in [1.29, 1.82) is 0 Å². The standard InChI is InChI=1S/C14H16F3N3/c1-2-20-10-12(9-18-20)19-13(8-14(15,16)17)11-6-4-3-5-7-11/h3-7,9-10,13,19H,2,8H2,1H3. The summed E-state index contributed by atoms with van der Waals surface area (Å²) in [5, 5.41) is 6.95. The van der Waals surface area contributed by atoms with Crippen LogP contribution in [0.25, 0.3) is 0 Å². The van der Waals surface area contributed by atoms with Gasteiger partial charge < -0.3 is 5.32 Å². The van der Waals surface area contributed by atoms with Crippen LogP contribution in [0.2, 0.25) is 0 Å². The number of rotatable bonds is 5. The summed E-state index contributed by atoms with van der Waals surface area (Å²) in [5.41, 5.74) is 1.19. The number of benzene rings is 1. The number of nitrogens with zero attached hydrogens (tertiary/aromatic N) is 2. The fraction of sp³-hybridized carbons (Fsp3) is 0.357. The van der Waals surface area contributed by atoms with Gasteiger partial charge in [-0.05, 0) is 12.5 Å². The third-order valence-corrected chi connectivity index (χ3v) is 2.94. The molecule has 1 N–H and O–H groups in total. The molecule has 3 nitrogen and oxygen atoms in total. The van der Waals surface area contributed by atoms with Gasteiger partial charge in [0.25, 0.3) is 0 Å². The summed E-state index contributed by atoms with van der Waals surface area (Å²) >= 11 is 0. The topological polar surface area (TPSA) is 29.9 Å². The number of aromatic nitrogens is 2. The Morgan fingerprint density at radius 2 is 1.95 bits per heavy atom. The second-order valence-corrected chi connectivity index (χ2v) is 4.51. The first-order valence-corrected chi connectivity index (χ1v) is 6.38. The van der Waals surface area contributed by atoms with E-state index in [0.29, 0.717) is 17.8 Å². The normalized spacial score (nSPS) is 13.2. The van der Waals surface area contributed by atoms with Crippen molar-refractivity contribution >= 4 is 5.69 Å². The predicted molar refractivity (Wildman–Crippen MR) is 71.4 cm³/mol. The third kappa shape index (κ3) is 4.01. The Morgan fingerprint density at radius 3 is 2.50 bits per heavy atom. The molecule has 0 amide bonds. The molecule has 2 aromatic rings. The summed E-state index contributed by atoms with van der Waals surface area (Å²) < 4.78 is 39.8. The van der Waals surface area contributed by atoms with Crippen molar-refractivity contribution < 1.29 is 13.2 Å². The van der Waals surface area contributed by atoms with E-state index in [2.05, 4.69) is 10.4 Å². The van der Waals surface area contributed by atoms with E-state index in [4.69, 9.17) is 0 Å². The Labute approximate surface area is 115 Å². The Kier molecular flexibility index (Phi) is 4.32. The van der Waals surface area contributed by atoms with Gasteiger partial charge in [-0.1, -0.05) is 30.3 Å². The first-order chi connectivity index (χ1) is 9.48. The summed E-state index contributed by atoms with van der Waals surface area (Å²) in [4.78, 5) is 0. The summed E-state index contributed by atoms with van der Waals surface area (Å²) in [5.74, 6) is 0. The minimum absolute atomic E-state index is 0.588. The SMILES string of the molecule is CCn1cc(NC(CC(F)(F)F)c2ccccc2)cn1. The van der Waals surface area contributed by atoms with E-state index in [0.717, 1.165) is 0 Å². The van der Waals surface area contributed by atoms with E-state index >= 15 is 0 Å². The Bertz CT molecular complexity index is 534. The monoisotopic (exact) mass is 283 g/mol. The molecule has 0 bridgehead atoms. The molecule has 0 saturated heterocycles. The van der Waals surface area contributed by atoms with Crippen molar-refractivity contribution in [3.05, 3.63) is 48.3 Å². The molecule has 1 atom stereocenters. The van der Waals surface area contributed by atoms with Crippen LogP contribution in [0.4, 0.5) is 18.9 Å². The number of hydrogen-bond acceptors (Lipinski definition) is 2. The smallest absolute Gasteiger partial charge is 0.375 e. The molecule has 108 valence electrons. The maximum atomic E-state index is 12.7. The fourth-order valence-electron chi connectivity index (χ4n) is 1.98. The molecule has 1 unspecified atom stereocenters. The molecular formula is C14H16F3N3. The number of hydrogen-bond donors (Lipinski definition) is 1. The van der Waals surface area contributed by atoms with Gasteiger partial charge in [0.2, 0.25) is 0 Å². The number of nitrogens with one attached hydrogen (secondary N) is 1. The lowest BCUT2D eigenvalue weighted by Gasteiger charge is -2.20. The highest BCUT2D eigenvalue weighted by atomic mass is 19.4. The molecule has 1 aromatic heterocycles. The minimum Gasteiger partial charge on any atom is -0.375 e. The predicted octanol–water partition coefficient (Wildman–Crippen LogP) is 4.01. The van der Waals surface area contributed by atoms with Crippen molar-refractivity contribution in [2.45, 2.75) is 32.1 Å². The maximum Gasteiger partial charge on any atom is 0.391 e. The average molecular weight is 283 g/mol. The van der Waals surface area contributed by atoms with Gasteiger partial charge >= 0.3 is 6.18 Å². The van der Waals surface area contributed by atoms with Gasteiger partial charge in [0, 0.05) is 12.7 Å². The third-order valence-electron chi connectivity index (χ3n) is 2.94. The quantitative estimate of drug-likeness (QED) is 0.898. The van der Waals surface area contributed by atoms with E-state index in [9.17, 15) is 13.2 Å². The van der Waals surface area contributed by atoms with Crippen LogP contribution in [-0.2, 0) is 6.54 Å². The number of aryl methyl sites for hydroxylation is 1. The number of halogens is 3. The van der Waals surface area contributed by atoms with Gasteiger partial charge in [0.05, 0.1) is 24.3 Å².